The smallest absolute Gasteiger partial charge is 0.144 e. The Morgan fingerprint density at radius 1 is 1.10 bits per heavy atom. The number of halogens is 1. The summed E-state index contributed by atoms with van der Waals surface area (Å²) >= 11 is 3.55. The molecule has 0 aliphatic heterocycles. The van der Waals surface area contributed by atoms with Crippen LogP contribution in [0.5, 0.6) is 11.5 Å². The zero-order chi connectivity index (χ0) is 15.2. The standard InChI is InChI=1S/C17H20BrNO2/c1-4-19-11-12-6-5-7-13(10-12)14-8-9-15(20-2)16(18)17(14)21-3/h5-10,19H,4,11H2,1-3H3. The van der Waals surface area contributed by atoms with E-state index in [1.165, 1.54) is 5.56 Å². The minimum atomic E-state index is 0.763. The normalized spacial score (nSPS) is 10.5. The lowest BCUT2D eigenvalue weighted by Crippen LogP contribution is -2.11. The number of hydrogen-bond donors (Lipinski definition) is 1. The maximum Gasteiger partial charge on any atom is 0.144 e. The van der Waals surface area contributed by atoms with Crippen LogP contribution in [0.25, 0.3) is 11.1 Å². The first-order valence-corrected chi connectivity index (χ1v) is 7.71. The molecule has 0 unspecified atom stereocenters. The molecule has 0 amide bonds. The molecule has 0 radical (unpaired) electrons. The maximum absolute atomic E-state index is 5.55. The Morgan fingerprint density at radius 2 is 1.90 bits per heavy atom. The molecule has 0 saturated heterocycles. The van der Waals surface area contributed by atoms with Crippen molar-refractivity contribution in [1.82, 2.24) is 5.32 Å². The second-order valence-electron chi connectivity index (χ2n) is 4.64. The van der Waals surface area contributed by atoms with Gasteiger partial charge in [0.2, 0.25) is 0 Å². The predicted octanol–water partition coefficient (Wildman–Crippen LogP) is 4.24. The first-order valence-electron chi connectivity index (χ1n) is 6.91. The average molecular weight is 350 g/mol. The molecule has 21 heavy (non-hydrogen) atoms. The minimum absolute atomic E-state index is 0.763. The van der Waals surface area contributed by atoms with E-state index in [4.69, 9.17) is 9.47 Å². The van der Waals surface area contributed by atoms with Crippen LogP contribution in [-0.4, -0.2) is 20.8 Å². The fourth-order valence-corrected chi connectivity index (χ4v) is 2.91. The summed E-state index contributed by atoms with van der Waals surface area (Å²) < 4.78 is 11.7. The molecule has 0 saturated carbocycles. The van der Waals surface area contributed by atoms with Gasteiger partial charge >= 0.3 is 0 Å². The highest BCUT2D eigenvalue weighted by Crippen LogP contribution is 2.42. The van der Waals surface area contributed by atoms with Crippen LogP contribution >= 0.6 is 15.9 Å². The van der Waals surface area contributed by atoms with Crippen LogP contribution in [0.1, 0.15) is 12.5 Å². The summed E-state index contributed by atoms with van der Waals surface area (Å²) in [4.78, 5) is 0. The Hall–Kier alpha value is -1.52. The Balaban J connectivity index is 2.44. The van der Waals surface area contributed by atoms with Crippen molar-refractivity contribution in [1.29, 1.82) is 0 Å². The second kappa shape index (κ2) is 7.48. The minimum Gasteiger partial charge on any atom is -0.495 e. The van der Waals surface area contributed by atoms with Gasteiger partial charge in [-0.2, -0.15) is 0 Å². The van der Waals surface area contributed by atoms with E-state index in [1.807, 2.05) is 12.1 Å². The maximum atomic E-state index is 5.55. The summed E-state index contributed by atoms with van der Waals surface area (Å²) in [5.41, 5.74) is 3.43. The highest BCUT2D eigenvalue weighted by atomic mass is 79.9. The van der Waals surface area contributed by atoms with Gasteiger partial charge in [-0.15, -0.1) is 0 Å². The van der Waals surface area contributed by atoms with Crippen molar-refractivity contribution in [3.8, 4) is 22.6 Å². The molecule has 0 aliphatic rings. The van der Waals surface area contributed by atoms with Gasteiger partial charge in [0, 0.05) is 12.1 Å². The van der Waals surface area contributed by atoms with Crippen molar-refractivity contribution in [3.05, 3.63) is 46.4 Å². The molecule has 0 heterocycles. The average Bonchev–Trinajstić information content (AvgIpc) is 2.52. The fraction of sp³-hybridized carbons (Fsp3) is 0.294. The van der Waals surface area contributed by atoms with Crippen molar-refractivity contribution in [2.24, 2.45) is 0 Å². The zero-order valence-electron chi connectivity index (χ0n) is 12.6. The number of methoxy groups -OCH3 is 2. The lowest BCUT2D eigenvalue weighted by Gasteiger charge is -2.14. The number of ether oxygens (including phenoxy) is 2. The number of nitrogens with one attached hydrogen (secondary N) is 1. The van der Waals surface area contributed by atoms with Gasteiger partial charge in [-0.1, -0.05) is 25.1 Å². The first-order chi connectivity index (χ1) is 10.2. The monoisotopic (exact) mass is 349 g/mol. The largest absolute Gasteiger partial charge is 0.495 e. The molecule has 0 spiro atoms. The van der Waals surface area contributed by atoms with Gasteiger partial charge in [-0.25, -0.2) is 0 Å². The second-order valence-corrected chi connectivity index (χ2v) is 5.44. The van der Waals surface area contributed by atoms with Crippen LogP contribution in [0.15, 0.2) is 40.9 Å². The third-order valence-corrected chi connectivity index (χ3v) is 4.05. The zero-order valence-corrected chi connectivity index (χ0v) is 14.2. The third kappa shape index (κ3) is 3.57. The Kier molecular flexibility index (Phi) is 5.65. The SMILES string of the molecule is CCNCc1cccc(-c2ccc(OC)c(Br)c2OC)c1. The fourth-order valence-electron chi connectivity index (χ4n) is 2.24. The molecule has 0 atom stereocenters. The van der Waals surface area contributed by atoms with Gasteiger partial charge in [-0.3, -0.25) is 0 Å². The van der Waals surface area contributed by atoms with E-state index < -0.39 is 0 Å². The van der Waals surface area contributed by atoms with E-state index in [0.717, 1.165) is 40.2 Å². The Morgan fingerprint density at radius 3 is 2.57 bits per heavy atom. The molecule has 0 fully saturated rings. The summed E-state index contributed by atoms with van der Waals surface area (Å²) in [5.74, 6) is 1.55. The van der Waals surface area contributed by atoms with Crippen LogP contribution in [0, 0.1) is 0 Å². The topological polar surface area (TPSA) is 30.5 Å². The van der Waals surface area contributed by atoms with Crippen LogP contribution in [0.4, 0.5) is 0 Å². The van der Waals surface area contributed by atoms with Crippen molar-refractivity contribution >= 4 is 15.9 Å². The molecule has 0 aliphatic carbocycles. The molecular formula is C17H20BrNO2. The summed E-state index contributed by atoms with van der Waals surface area (Å²) in [5, 5.41) is 3.34. The van der Waals surface area contributed by atoms with Gasteiger partial charge in [0.1, 0.15) is 16.0 Å². The van der Waals surface area contributed by atoms with Crippen LogP contribution < -0.4 is 14.8 Å². The molecule has 0 aromatic heterocycles. The molecule has 112 valence electrons. The summed E-state index contributed by atoms with van der Waals surface area (Å²) in [6.07, 6.45) is 0. The van der Waals surface area contributed by atoms with Crippen LogP contribution in [0.2, 0.25) is 0 Å². The lowest BCUT2D eigenvalue weighted by molar-refractivity contribution is 0.390. The number of hydrogen-bond acceptors (Lipinski definition) is 3. The Bertz CT molecular complexity index is 614. The molecule has 3 nitrogen and oxygen atoms in total. The van der Waals surface area contributed by atoms with Gasteiger partial charge in [0.15, 0.2) is 0 Å². The van der Waals surface area contributed by atoms with Crippen LogP contribution in [0.3, 0.4) is 0 Å². The van der Waals surface area contributed by atoms with Gasteiger partial charge in [-0.05, 0) is 51.8 Å². The van der Waals surface area contributed by atoms with E-state index in [-0.39, 0.29) is 0 Å². The van der Waals surface area contributed by atoms with Crippen molar-refractivity contribution in [2.45, 2.75) is 13.5 Å². The van der Waals surface area contributed by atoms with Gasteiger partial charge in [0.05, 0.1) is 14.2 Å². The molecule has 2 aromatic rings. The summed E-state index contributed by atoms with van der Waals surface area (Å²) in [6, 6.07) is 12.4. The third-order valence-electron chi connectivity index (χ3n) is 3.30. The van der Waals surface area contributed by atoms with E-state index in [0.29, 0.717) is 0 Å². The van der Waals surface area contributed by atoms with Gasteiger partial charge < -0.3 is 14.8 Å². The molecular weight excluding hydrogens is 330 g/mol. The van der Waals surface area contributed by atoms with Crippen molar-refractivity contribution in [3.63, 3.8) is 0 Å². The summed E-state index contributed by atoms with van der Waals surface area (Å²) in [6.45, 7) is 3.93. The molecule has 0 bridgehead atoms. The lowest BCUT2D eigenvalue weighted by atomic mass is 10.0. The number of benzene rings is 2. The van der Waals surface area contributed by atoms with E-state index >= 15 is 0 Å². The number of rotatable bonds is 6. The quantitative estimate of drug-likeness (QED) is 0.845. The molecule has 2 aromatic carbocycles. The predicted molar refractivity (Wildman–Crippen MR) is 90.1 cm³/mol. The van der Waals surface area contributed by atoms with Crippen molar-refractivity contribution in [2.75, 3.05) is 20.8 Å². The van der Waals surface area contributed by atoms with E-state index in [9.17, 15) is 0 Å². The van der Waals surface area contributed by atoms with E-state index in [1.54, 1.807) is 14.2 Å². The molecule has 2 rings (SSSR count). The first kappa shape index (κ1) is 15.9. The molecule has 4 heteroatoms. The van der Waals surface area contributed by atoms with Crippen LogP contribution in [-0.2, 0) is 6.54 Å². The van der Waals surface area contributed by atoms with Crippen molar-refractivity contribution < 1.29 is 9.47 Å². The Labute approximate surface area is 134 Å². The highest BCUT2D eigenvalue weighted by Gasteiger charge is 2.14. The molecule has 1 N–H and O–H groups in total. The summed E-state index contributed by atoms with van der Waals surface area (Å²) in [7, 11) is 3.32. The van der Waals surface area contributed by atoms with Gasteiger partial charge in [0.25, 0.3) is 0 Å². The highest BCUT2D eigenvalue weighted by molar-refractivity contribution is 9.10. The van der Waals surface area contributed by atoms with E-state index in [2.05, 4.69) is 52.4 Å².